The van der Waals surface area contributed by atoms with Crippen molar-refractivity contribution in [2.45, 2.75) is 0 Å². The SMILES string of the molecule is c1ccc(-c2cc(-c3ccc(-c4ccc(-c5nc6cc(-c7cccc8oc9ccccc9c78)ccc6c6c5sc5ccccc56)cc4)cc3)cc(-c3ccccn3)n2)nc1. The normalized spacial score (nSPS) is 11.7. The molecule has 0 spiro atoms. The minimum Gasteiger partial charge on any atom is -0.456 e. The number of thiophene rings is 1. The first kappa shape index (κ1) is 34.3. The molecule has 0 amide bonds. The Kier molecular flexibility index (Phi) is 7.96. The fraction of sp³-hybridized carbons (Fsp3) is 0. The molecular formula is C54H32N4OS. The summed E-state index contributed by atoms with van der Waals surface area (Å²) in [5.74, 6) is 0. The molecule has 0 N–H and O–H groups in total. The van der Waals surface area contributed by atoms with Crippen LogP contribution in [0, 0.1) is 0 Å². The minimum absolute atomic E-state index is 0.809. The Morgan fingerprint density at radius 2 is 0.983 bits per heavy atom. The maximum Gasteiger partial charge on any atom is 0.136 e. The van der Waals surface area contributed by atoms with Gasteiger partial charge in [-0.25, -0.2) is 9.97 Å². The molecule has 0 bridgehead atoms. The van der Waals surface area contributed by atoms with E-state index in [4.69, 9.17) is 14.4 Å². The standard InChI is InChI=1S/C54H32N4OS/c1-3-15-48-41(10-1)51-39(12-9-16-49(51)59-48)37-26-27-40-45(30-37)58-53(54-52(40)42-11-2-4-17-50(42)60-54)36-24-22-34(23-25-36)33-18-20-35(21-19-33)38-31-46(43-13-5-7-28-55-43)57-47(32-38)44-14-6-8-29-56-44/h1-32H. The smallest absolute Gasteiger partial charge is 0.136 e. The highest BCUT2D eigenvalue weighted by Crippen LogP contribution is 2.45. The zero-order valence-electron chi connectivity index (χ0n) is 32.1. The minimum atomic E-state index is 0.809. The van der Waals surface area contributed by atoms with E-state index in [9.17, 15) is 0 Å². The predicted molar refractivity (Wildman–Crippen MR) is 248 cm³/mol. The molecule has 5 nitrogen and oxygen atoms in total. The molecule has 6 heterocycles. The molecule has 0 aliphatic carbocycles. The molecule has 60 heavy (non-hydrogen) atoms. The summed E-state index contributed by atoms with van der Waals surface area (Å²) in [5, 5.41) is 5.91. The molecule has 0 aliphatic heterocycles. The molecule has 0 fully saturated rings. The van der Waals surface area contributed by atoms with Crippen LogP contribution < -0.4 is 0 Å². The van der Waals surface area contributed by atoms with Crippen molar-refractivity contribution in [3.63, 3.8) is 0 Å². The fourth-order valence-corrected chi connectivity index (χ4v) is 9.76. The first-order valence-corrected chi connectivity index (χ1v) is 20.8. The van der Waals surface area contributed by atoms with Crippen molar-refractivity contribution < 1.29 is 4.42 Å². The van der Waals surface area contributed by atoms with Crippen LogP contribution in [0.1, 0.15) is 0 Å². The van der Waals surface area contributed by atoms with Gasteiger partial charge < -0.3 is 4.42 Å². The summed E-state index contributed by atoms with van der Waals surface area (Å²) in [7, 11) is 0. The zero-order valence-corrected chi connectivity index (χ0v) is 32.9. The highest BCUT2D eigenvalue weighted by Gasteiger charge is 2.19. The van der Waals surface area contributed by atoms with Crippen LogP contribution >= 0.6 is 11.3 Å². The molecule has 0 saturated carbocycles. The quantitative estimate of drug-likeness (QED) is 0.168. The third-order valence-corrected chi connectivity index (χ3v) is 12.6. The van der Waals surface area contributed by atoms with Crippen molar-refractivity contribution in [3.8, 4) is 67.4 Å². The fourth-order valence-electron chi connectivity index (χ4n) is 8.53. The van der Waals surface area contributed by atoms with Crippen molar-refractivity contribution in [2.75, 3.05) is 0 Å². The van der Waals surface area contributed by atoms with Gasteiger partial charge in [-0.3, -0.25) is 9.97 Å². The Morgan fingerprint density at radius 1 is 0.383 bits per heavy atom. The van der Waals surface area contributed by atoms with Gasteiger partial charge in [-0.15, -0.1) is 11.3 Å². The van der Waals surface area contributed by atoms with Crippen LogP contribution in [0.15, 0.2) is 199 Å². The van der Waals surface area contributed by atoms with Crippen LogP contribution in [0.4, 0.5) is 0 Å². The summed E-state index contributed by atoms with van der Waals surface area (Å²) in [6.45, 7) is 0. The van der Waals surface area contributed by atoms with Gasteiger partial charge >= 0.3 is 0 Å². The van der Waals surface area contributed by atoms with Gasteiger partial charge in [-0.2, -0.15) is 0 Å². The Bertz CT molecular complexity index is 3520. The third-order valence-electron chi connectivity index (χ3n) is 11.4. The zero-order chi connectivity index (χ0) is 39.6. The second-order valence-electron chi connectivity index (χ2n) is 15.0. The summed E-state index contributed by atoms with van der Waals surface area (Å²) in [6, 6.07) is 63.6. The van der Waals surface area contributed by atoms with Crippen molar-refractivity contribution in [3.05, 3.63) is 194 Å². The number of benzene rings is 6. The van der Waals surface area contributed by atoms with Gasteiger partial charge in [0, 0.05) is 49.6 Å². The van der Waals surface area contributed by atoms with Crippen molar-refractivity contribution in [2.24, 2.45) is 0 Å². The van der Waals surface area contributed by atoms with Crippen LogP contribution in [0.5, 0.6) is 0 Å². The lowest BCUT2D eigenvalue weighted by Gasteiger charge is -2.11. The molecular weight excluding hydrogens is 753 g/mol. The van der Waals surface area contributed by atoms with Gasteiger partial charge in [-0.1, -0.05) is 121 Å². The molecule has 0 unspecified atom stereocenters. The van der Waals surface area contributed by atoms with Crippen LogP contribution in [0.25, 0.3) is 120 Å². The number of aromatic nitrogens is 4. The monoisotopic (exact) mass is 784 g/mol. The Balaban J connectivity index is 0.933. The average Bonchev–Trinajstić information content (AvgIpc) is 3.91. The molecule has 280 valence electrons. The van der Waals surface area contributed by atoms with E-state index in [0.717, 1.165) is 100 Å². The van der Waals surface area contributed by atoms with Gasteiger partial charge in [0.15, 0.2) is 0 Å². The van der Waals surface area contributed by atoms with Gasteiger partial charge in [0.05, 0.1) is 38.7 Å². The molecule has 0 atom stereocenters. The molecule has 0 aliphatic rings. The number of nitrogens with zero attached hydrogens (tertiary/aromatic N) is 4. The van der Waals surface area contributed by atoms with E-state index in [1.54, 1.807) is 12.4 Å². The van der Waals surface area contributed by atoms with E-state index in [0.29, 0.717) is 0 Å². The first-order chi connectivity index (χ1) is 29.7. The Hall–Kier alpha value is -7.80. The van der Waals surface area contributed by atoms with Gasteiger partial charge in [-0.05, 0) is 94.0 Å². The first-order valence-electron chi connectivity index (χ1n) is 19.9. The number of fused-ring (bicyclic) bond motifs is 8. The largest absolute Gasteiger partial charge is 0.456 e. The molecule has 0 radical (unpaired) electrons. The Morgan fingerprint density at radius 3 is 1.68 bits per heavy atom. The summed E-state index contributed by atoms with van der Waals surface area (Å²) < 4.78 is 8.71. The van der Waals surface area contributed by atoms with Gasteiger partial charge in [0.25, 0.3) is 0 Å². The van der Waals surface area contributed by atoms with E-state index in [-0.39, 0.29) is 0 Å². The van der Waals surface area contributed by atoms with Crippen LogP contribution in [0.3, 0.4) is 0 Å². The summed E-state index contributed by atoms with van der Waals surface area (Å²) in [6.07, 6.45) is 3.60. The molecule has 6 aromatic carbocycles. The number of hydrogen-bond donors (Lipinski definition) is 0. The molecule has 6 aromatic heterocycles. The van der Waals surface area contributed by atoms with E-state index in [1.165, 1.54) is 20.2 Å². The number of pyridine rings is 4. The van der Waals surface area contributed by atoms with Gasteiger partial charge in [0.2, 0.25) is 0 Å². The topological polar surface area (TPSA) is 64.7 Å². The lowest BCUT2D eigenvalue weighted by molar-refractivity contribution is 0.669. The third kappa shape index (κ3) is 5.76. The van der Waals surface area contributed by atoms with Crippen LogP contribution in [-0.2, 0) is 0 Å². The van der Waals surface area contributed by atoms with Crippen LogP contribution in [-0.4, -0.2) is 19.9 Å². The highest BCUT2D eigenvalue weighted by atomic mass is 32.1. The number of para-hydroxylation sites is 1. The van der Waals surface area contributed by atoms with E-state index < -0.39 is 0 Å². The molecule has 12 aromatic rings. The maximum atomic E-state index is 6.26. The van der Waals surface area contributed by atoms with E-state index in [2.05, 4.69) is 143 Å². The summed E-state index contributed by atoms with van der Waals surface area (Å²) in [4.78, 5) is 19.6. The Labute approximate surface area is 348 Å². The average molecular weight is 785 g/mol. The predicted octanol–water partition coefficient (Wildman–Crippen LogP) is 14.7. The molecule has 0 saturated heterocycles. The summed E-state index contributed by atoms with van der Waals surface area (Å²) >= 11 is 1.81. The second kappa shape index (κ2) is 13.9. The number of furan rings is 1. The lowest BCUT2D eigenvalue weighted by atomic mass is 9.96. The van der Waals surface area contributed by atoms with Crippen LogP contribution in [0.2, 0.25) is 0 Å². The number of rotatable bonds is 6. The highest BCUT2D eigenvalue weighted by molar-refractivity contribution is 7.26. The van der Waals surface area contributed by atoms with Crippen molar-refractivity contribution >= 4 is 64.4 Å². The van der Waals surface area contributed by atoms with E-state index >= 15 is 0 Å². The van der Waals surface area contributed by atoms with E-state index in [1.807, 2.05) is 59.9 Å². The number of hydrogen-bond acceptors (Lipinski definition) is 6. The van der Waals surface area contributed by atoms with Gasteiger partial charge in [0.1, 0.15) is 11.2 Å². The lowest BCUT2D eigenvalue weighted by Crippen LogP contribution is -1.94. The van der Waals surface area contributed by atoms with Crippen molar-refractivity contribution in [1.82, 2.24) is 19.9 Å². The second-order valence-corrected chi connectivity index (χ2v) is 16.0. The van der Waals surface area contributed by atoms with Crippen molar-refractivity contribution in [1.29, 1.82) is 0 Å². The maximum absolute atomic E-state index is 6.26. The molecule has 12 rings (SSSR count). The summed E-state index contributed by atoms with van der Waals surface area (Å²) in [5.41, 5.74) is 14.8. The molecule has 6 heteroatoms.